The molecule has 162 valence electrons. The minimum absolute atomic E-state index is 0.0582. The van der Waals surface area contributed by atoms with E-state index in [0.29, 0.717) is 12.3 Å². The summed E-state index contributed by atoms with van der Waals surface area (Å²) in [5, 5.41) is 3.49. The zero-order chi connectivity index (χ0) is 22.3. The summed E-state index contributed by atoms with van der Waals surface area (Å²) < 4.78 is 4.83. The van der Waals surface area contributed by atoms with E-state index in [0.717, 1.165) is 35.4 Å². The van der Waals surface area contributed by atoms with Crippen molar-refractivity contribution in [1.29, 1.82) is 0 Å². The van der Waals surface area contributed by atoms with Gasteiger partial charge in [-0.3, -0.25) is 4.79 Å². The topological polar surface area (TPSA) is 41.6 Å². The number of allylic oxidation sites excluding steroid dienone is 5. The molecule has 2 unspecified atom stereocenters. The van der Waals surface area contributed by atoms with E-state index < -0.39 is 0 Å². The summed E-state index contributed by atoms with van der Waals surface area (Å²) >= 11 is 0. The van der Waals surface area contributed by atoms with Crippen LogP contribution in [0.25, 0.3) is 11.6 Å². The Kier molecular flexibility index (Phi) is 8.24. The summed E-state index contributed by atoms with van der Waals surface area (Å²) in [6, 6.07) is 6.63. The number of benzene rings is 1. The summed E-state index contributed by atoms with van der Waals surface area (Å²) in [4.78, 5) is 13.7. The predicted molar refractivity (Wildman–Crippen MR) is 128 cm³/mol. The van der Waals surface area contributed by atoms with E-state index in [2.05, 4.69) is 67.6 Å². The van der Waals surface area contributed by atoms with Crippen LogP contribution in [0.2, 0.25) is 0 Å². The van der Waals surface area contributed by atoms with E-state index in [-0.39, 0.29) is 17.4 Å². The van der Waals surface area contributed by atoms with Gasteiger partial charge in [0.1, 0.15) is 0 Å². The van der Waals surface area contributed by atoms with Crippen LogP contribution in [0.1, 0.15) is 37.8 Å². The normalized spacial score (nSPS) is 19.7. The number of ether oxygens (including phenoxy) is 1. The van der Waals surface area contributed by atoms with Gasteiger partial charge >= 0.3 is 5.97 Å². The molecule has 0 aromatic heterocycles. The summed E-state index contributed by atoms with van der Waals surface area (Å²) in [6.07, 6.45) is 11.5. The number of esters is 1. The number of rotatable bonds is 9. The van der Waals surface area contributed by atoms with E-state index in [1.54, 1.807) is 6.08 Å². The quantitative estimate of drug-likeness (QED) is 0.456. The Balaban J connectivity index is 2.37. The van der Waals surface area contributed by atoms with Crippen LogP contribution in [0.5, 0.6) is 0 Å². The second-order valence-electron chi connectivity index (χ2n) is 8.70. The van der Waals surface area contributed by atoms with Gasteiger partial charge in [0.25, 0.3) is 0 Å². The fourth-order valence-electron chi connectivity index (χ4n) is 3.99. The van der Waals surface area contributed by atoms with Crippen molar-refractivity contribution in [1.82, 2.24) is 5.32 Å². The molecule has 1 N–H and O–H groups in total. The van der Waals surface area contributed by atoms with E-state index in [1.165, 1.54) is 7.11 Å². The largest absolute Gasteiger partial charge is 0.469 e. The lowest BCUT2D eigenvalue weighted by Gasteiger charge is -2.29. The highest BCUT2D eigenvalue weighted by molar-refractivity contribution is 5.82. The number of nitrogens with zero attached hydrogens (tertiary/aromatic N) is 1. The van der Waals surface area contributed by atoms with E-state index in [9.17, 15) is 4.79 Å². The molecule has 1 heterocycles. The maximum atomic E-state index is 11.6. The highest BCUT2D eigenvalue weighted by atomic mass is 16.5. The fraction of sp³-hybridized carbons (Fsp3) is 0.423. The molecule has 30 heavy (non-hydrogen) atoms. The number of carbonyl (C=O) groups is 1. The Morgan fingerprint density at radius 1 is 1.33 bits per heavy atom. The first kappa shape index (κ1) is 23.7. The van der Waals surface area contributed by atoms with Crippen molar-refractivity contribution >= 4 is 23.3 Å². The van der Waals surface area contributed by atoms with Gasteiger partial charge in [-0.15, -0.1) is 0 Å². The maximum absolute atomic E-state index is 11.6. The van der Waals surface area contributed by atoms with Gasteiger partial charge in [0, 0.05) is 25.8 Å². The molecule has 0 radical (unpaired) electrons. The zero-order valence-corrected chi connectivity index (χ0v) is 19.1. The summed E-state index contributed by atoms with van der Waals surface area (Å²) in [6.45, 7) is 13.3. The molecular formula is C26H36N2O2. The second kappa shape index (κ2) is 10.4. The smallest absolute Gasteiger partial charge is 0.307 e. The van der Waals surface area contributed by atoms with Gasteiger partial charge in [-0.2, -0.15) is 0 Å². The lowest BCUT2D eigenvalue weighted by atomic mass is 9.75. The number of methoxy groups -OCH3 is 1. The van der Waals surface area contributed by atoms with Crippen LogP contribution in [0, 0.1) is 11.3 Å². The van der Waals surface area contributed by atoms with Crippen LogP contribution in [0.15, 0.2) is 55.7 Å². The monoisotopic (exact) mass is 408 g/mol. The zero-order valence-electron chi connectivity index (χ0n) is 19.1. The van der Waals surface area contributed by atoms with Crippen molar-refractivity contribution in [3.8, 4) is 0 Å². The molecule has 2 rings (SSSR count). The SMILES string of the molecule is C=CC=CC(=CC(C)(C)C1CNC(CC(=O)OC)C1)c1ccc(N(C)C)cc1C=C. The van der Waals surface area contributed by atoms with Gasteiger partial charge in [-0.05, 0) is 53.1 Å². The lowest BCUT2D eigenvalue weighted by molar-refractivity contribution is -0.141. The third-order valence-electron chi connectivity index (χ3n) is 5.94. The highest BCUT2D eigenvalue weighted by Crippen LogP contribution is 2.39. The molecular weight excluding hydrogens is 372 g/mol. The molecule has 1 aliphatic rings. The molecule has 1 aromatic carbocycles. The lowest BCUT2D eigenvalue weighted by Crippen LogP contribution is -2.25. The van der Waals surface area contributed by atoms with Gasteiger partial charge in [0.2, 0.25) is 0 Å². The molecule has 1 aliphatic heterocycles. The Morgan fingerprint density at radius 2 is 2.07 bits per heavy atom. The summed E-state index contributed by atoms with van der Waals surface area (Å²) in [5.41, 5.74) is 4.49. The molecule has 4 nitrogen and oxygen atoms in total. The molecule has 0 bridgehead atoms. The third-order valence-corrected chi connectivity index (χ3v) is 5.94. The maximum Gasteiger partial charge on any atom is 0.307 e. The minimum Gasteiger partial charge on any atom is -0.469 e. The molecule has 0 saturated carbocycles. The van der Waals surface area contributed by atoms with Crippen LogP contribution < -0.4 is 10.2 Å². The molecule has 2 atom stereocenters. The third kappa shape index (κ3) is 5.96. The standard InChI is InChI=1S/C26H36N2O2/c1-8-10-11-20(24-13-12-23(28(5)6)14-19(24)9-2)17-26(3,4)21-15-22(27-18-21)16-25(29)30-7/h8-14,17,21-22,27H,1-2,15-16,18H2,3-7H3. The first-order valence-corrected chi connectivity index (χ1v) is 10.5. The number of hydrogen-bond donors (Lipinski definition) is 1. The number of nitrogens with one attached hydrogen (secondary N) is 1. The van der Waals surface area contributed by atoms with Crippen molar-refractivity contribution in [2.24, 2.45) is 11.3 Å². The number of anilines is 1. The Hall–Kier alpha value is -2.59. The highest BCUT2D eigenvalue weighted by Gasteiger charge is 2.35. The number of hydrogen-bond acceptors (Lipinski definition) is 4. The number of carbonyl (C=O) groups excluding carboxylic acids is 1. The predicted octanol–water partition coefficient (Wildman–Crippen LogP) is 5.09. The van der Waals surface area contributed by atoms with Gasteiger partial charge in [0.05, 0.1) is 13.5 Å². The average Bonchev–Trinajstić information content (AvgIpc) is 3.19. The van der Waals surface area contributed by atoms with E-state index in [1.807, 2.05) is 26.2 Å². The summed E-state index contributed by atoms with van der Waals surface area (Å²) in [7, 11) is 5.52. The molecule has 1 fully saturated rings. The van der Waals surface area contributed by atoms with Crippen molar-refractivity contribution in [3.05, 3.63) is 66.8 Å². The van der Waals surface area contributed by atoms with E-state index in [4.69, 9.17) is 4.74 Å². The minimum atomic E-state index is -0.160. The second-order valence-corrected chi connectivity index (χ2v) is 8.70. The first-order valence-electron chi connectivity index (χ1n) is 10.5. The van der Waals surface area contributed by atoms with Crippen molar-refractivity contribution in [2.45, 2.75) is 32.7 Å². The molecule has 1 saturated heterocycles. The van der Waals surface area contributed by atoms with Gasteiger partial charge in [-0.1, -0.05) is 63.5 Å². The summed E-state index contributed by atoms with van der Waals surface area (Å²) in [5.74, 6) is 0.264. The van der Waals surface area contributed by atoms with Gasteiger partial charge in [0.15, 0.2) is 0 Å². The van der Waals surface area contributed by atoms with Gasteiger partial charge in [-0.25, -0.2) is 0 Å². The Morgan fingerprint density at radius 3 is 2.67 bits per heavy atom. The van der Waals surface area contributed by atoms with Crippen LogP contribution in [-0.2, 0) is 9.53 Å². The van der Waals surface area contributed by atoms with Crippen LogP contribution >= 0.6 is 0 Å². The molecule has 0 aliphatic carbocycles. The first-order chi connectivity index (χ1) is 14.2. The van der Waals surface area contributed by atoms with Crippen LogP contribution in [0.3, 0.4) is 0 Å². The van der Waals surface area contributed by atoms with Crippen molar-refractivity contribution in [2.75, 3.05) is 32.6 Å². The molecule has 4 heteroatoms. The van der Waals surface area contributed by atoms with Gasteiger partial charge < -0.3 is 15.0 Å². The Bertz CT molecular complexity index is 833. The van der Waals surface area contributed by atoms with Crippen LogP contribution in [0.4, 0.5) is 5.69 Å². The molecule has 1 aromatic rings. The van der Waals surface area contributed by atoms with E-state index >= 15 is 0 Å². The molecule has 0 spiro atoms. The van der Waals surface area contributed by atoms with Crippen molar-refractivity contribution in [3.63, 3.8) is 0 Å². The van der Waals surface area contributed by atoms with Crippen molar-refractivity contribution < 1.29 is 9.53 Å². The van der Waals surface area contributed by atoms with Crippen LogP contribution in [-0.4, -0.2) is 39.8 Å². The fourth-order valence-corrected chi connectivity index (χ4v) is 3.99. The molecule has 0 amide bonds. The Labute approximate surface area is 182 Å². The average molecular weight is 409 g/mol.